The molecule has 0 saturated carbocycles. The molecule has 6 nitrogen and oxygen atoms in total. The van der Waals surface area contributed by atoms with Crippen molar-refractivity contribution < 1.29 is 18.3 Å². The summed E-state index contributed by atoms with van der Waals surface area (Å²) in [5.41, 5.74) is 6.19. The molecule has 0 radical (unpaired) electrons. The van der Waals surface area contributed by atoms with E-state index in [1.165, 1.54) is 18.2 Å². The van der Waals surface area contributed by atoms with Crippen molar-refractivity contribution in [2.45, 2.75) is 4.90 Å². The highest BCUT2D eigenvalue weighted by Crippen LogP contribution is 2.23. The van der Waals surface area contributed by atoms with E-state index in [9.17, 15) is 13.2 Å². The molecular formula is C13H12N2O4S. The van der Waals surface area contributed by atoms with E-state index in [4.69, 9.17) is 10.8 Å². The molecule has 0 spiro atoms. The molecule has 2 rings (SSSR count). The smallest absolute Gasteiger partial charge is 0.356 e. The minimum atomic E-state index is -3.34. The number of aromatic nitrogens is 1. The number of sulfone groups is 1. The summed E-state index contributed by atoms with van der Waals surface area (Å²) >= 11 is 0. The van der Waals surface area contributed by atoms with Gasteiger partial charge in [-0.25, -0.2) is 18.2 Å². The highest BCUT2D eigenvalue weighted by Gasteiger charge is 2.13. The number of pyridine rings is 1. The third-order valence-corrected chi connectivity index (χ3v) is 3.80. The van der Waals surface area contributed by atoms with Crippen LogP contribution >= 0.6 is 0 Å². The van der Waals surface area contributed by atoms with Gasteiger partial charge in [0.2, 0.25) is 0 Å². The molecule has 0 aliphatic rings. The fourth-order valence-corrected chi connectivity index (χ4v) is 2.35. The Morgan fingerprint density at radius 3 is 2.55 bits per heavy atom. The Bertz CT molecular complexity index is 785. The molecule has 0 bridgehead atoms. The van der Waals surface area contributed by atoms with E-state index in [1.54, 1.807) is 18.2 Å². The van der Waals surface area contributed by atoms with Crippen molar-refractivity contribution >= 4 is 21.5 Å². The number of hydrogen-bond donors (Lipinski definition) is 2. The Morgan fingerprint density at radius 2 is 1.95 bits per heavy atom. The Labute approximate surface area is 115 Å². The molecule has 1 aromatic heterocycles. The summed E-state index contributed by atoms with van der Waals surface area (Å²) in [6.45, 7) is 0. The molecule has 20 heavy (non-hydrogen) atoms. The Morgan fingerprint density at radius 1 is 1.25 bits per heavy atom. The summed E-state index contributed by atoms with van der Waals surface area (Å²) in [6.07, 6.45) is 1.10. The minimum absolute atomic E-state index is 0.0560. The maximum Gasteiger partial charge on any atom is 0.356 e. The molecule has 0 unspecified atom stereocenters. The molecule has 0 atom stereocenters. The molecule has 104 valence electrons. The van der Waals surface area contributed by atoms with Crippen molar-refractivity contribution in [3.8, 4) is 11.3 Å². The van der Waals surface area contributed by atoms with Gasteiger partial charge in [0.05, 0.1) is 16.3 Å². The molecule has 0 aliphatic carbocycles. The van der Waals surface area contributed by atoms with Crippen LogP contribution in [0.25, 0.3) is 11.3 Å². The normalized spacial score (nSPS) is 11.2. The summed E-state index contributed by atoms with van der Waals surface area (Å²) in [5, 5.41) is 8.98. The Kier molecular flexibility index (Phi) is 3.46. The fourth-order valence-electron chi connectivity index (χ4n) is 1.69. The van der Waals surface area contributed by atoms with Crippen molar-refractivity contribution in [1.29, 1.82) is 0 Å². The van der Waals surface area contributed by atoms with E-state index < -0.39 is 15.8 Å². The zero-order chi connectivity index (χ0) is 14.9. The summed E-state index contributed by atoms with van der Waals surface area (Å²) in [5.74, 6) is -1.23. The van der Waals surface area contributed by atoms with Crippen LogP contribution < -0.4 is 5.73 Å². The van der Waals surface area contributed by atoms with E-state index in [-0.39, 0.29) is 16.3 Å². The van der Waals surface area contributed by atoms with Gasteiger partial charge in [-0.15, -0.1) is 0 Å². The van der Waals surface area contributed by atoms with Gasteiger partial charge < -0.3 is 10.8 Å². The molecule has 0 fully saturated rings. The maximum absolute atomic E-state index is 11.5. The first-order valence-electron chi connectivity index (χ1n) is 5.59. The average molecular weight is 292 g/mol. The number of aromatic carboxylic acids is 1. The lowest BCUT2D eigenvalue weighted by molar-refractivity contribution is 0.0692. The van der Waals surface area contributed by atoms with Crippen molar-refractivity contribution in [3.05, 3.63) is 42.1 Å². The number of benzene rings is 1. The number of hydrogen-bond acceptors (Lipinski definition) is 5. The van der Waals surface area contributed by atoms with E-state index in [0.29, 0.717) is 11.3 Å². The van der Waals surface area contributed by atoms with Crippen LogP contribution in [0, 0.1) is 0 Å². The summed E-state index contributed by atoms with van der Waals surface area (Å²) in [7, 11) is -3.34. The topological polar surface area (TPSA) is 110 Å². The van der Waals surface area contributed by atoms with Gasteiger partial charge in [-0.05, 0) is 24.3 Å². The van der Waals surface area contributed by atoms with Gasteiger partial charge in [0, 0.05) is 11.8 Å². The van der Waals surface area contributed by atoms with Crippen LogP contribution in [-0.4, -0.2) is 30.7 Å². The van der Waals surface area contributed by atoms with Crippen LogP contribution in [0.2, 0.25) is 0 Å². The van der Waals surface area contributed by atoms with Crippen LogP contribution in [-0.2, 0) is 9.84 Å². The predicted octanol–water partition coefficient (Wildman–Crippen LogP) is 1.43. The zero-order valence-electron chi connectivity index (χ0n) is 10.6. The number of anilines is 1. The average Bonchev–Trinajstić information content (AvgIpc) is 2.38. The van der Waals surface area contributed by atoms with Gasteiger partial charge in [-0.1, -0.05) is 12.1 Å². The highest BCUT2D eigenvalue weighted by molar-refractivity contribution is 7.90. The van der Waals surface area contributed by atoms with Gasteiger partial charge in [-0.2, -0.15) is 0 Å². The van der Waals surface area contributed by atoms with E-state index in [0.717, 1.165) is 6.26 Å². The number of nitrogens with two attached hydrogens (primary N) is 1. The van der Waals surface area contributed by atoms with Crippen LogP contribution in [0.3, 0.4) is 0 Å². The molecule has 0 aliphatic heterocycles. The van der Waals surface area contributed by atoms with Gasteiger partial charge in [0.1, 0.15) is 0 Å². The van der Waals surface area contributed by atoms with Crippen molar-refractivity contribution in [2.75, 3.05) is 12.0 Å². The first-order valence-corrected chi connectivity index (χ1v) is 7.48. The van der Waals surface area contributed by atoms with Crippen molar-refractivity contribution in [3.63, 3.8) is 0 Å². The van der Waals surface area contributed by atoms with E-state index >= 15 is 0 Å². The lowest BCUT2D eigenvalue weighted by atomic mass is 10.1. The van der Waals surface area contributed by atoms with Gasteiger partial charge >= 0.3 is 5.97 Å². The van der Waals surface area contributed by atoms with Crippen molar-refractivity contribution in [2.24, 2.45) is 0 Å². The third-order valence-electron chi connectivity index (χ3n) is 2.69. The Balaban J connectivity index is 2.58. The maximum atomic E-state index is 11.5. The fraction of sp³-hybridized carbons (Fsp3) is 0.0769. The predicted molar refractivity (Wildman–Crippen MR) is 74.2 cm³/mol. The van der Waals surface area contributed by atoms with E-state index in [2.05, 4.69) is 4.98 Å². The van der Waals surface area contributed by atoms with E-state index in [1.807, 2.05) is 0 Å². The first-order chi connectivity index (χ1) is 9.29. The quantitative estimate of drug-likeness (QED) is 0.885. The second kappa shape index (κ2) is 4.93. The molecule has 1 heterocycles. The number of rotatable bonds is 3. The van der Waals surface area contributed by atoms with Crippen LogP contribution in [0.5, 0.6) is 0 Å². The van der Waals surface area contributed by atoms with Crippen LogP contribution in [0.1, 0.15) is 10.5 Å². The van der Waals surface area contributed by atoms with Gasteiger partial charge in [-0.3, -0.25) is 0 Å². The minimum Gasteiger partial charge on any atom is -0.476 e. The monoisotopic (exact) mass is 292 g/mol. The largest absolute Gasteiger partial charge is 0.476 e. The molecule has 7 heteroatoms. The first kappa shape index (κ1) is 14.0. The number of nitrogens with zero attached hydrogens (tertiary/aromatic N) is 1. The number of carboxylic acids is 1. The third kappa shape index (κ3) is 2.77. The molecule has 3 N–H and O–H groups in total. The second-order valence-corrected chi connectivity index (χ2v) is 6.26. The zero-order valence-corrected chi connectivity index (χ0v) is 11.4. The van der Waals surface area contributed by atoms with Crippen LogP contribution in [0.15, 0.2) is 41.3 Å². The number of carboxylic acid groups (broad SMARTS) is 1. The summed E-state index contributed by atoms with van der Waals surface area (Å²) < 4.78 is 23.0. The van der Waals surface area contributed by atoms with Gasteiger partial charge in [0.25, 0.3) is 0 Å². The summed E-state index contributed by atoms with van der Waals surface area (Å²) in [6, 6.07) is 9.11. The molecular weight excluding hydrogens is 280 g/mol. The lowest BCUT2D eigenvalue weighted by Gasteiger charge is -2.06. The molecule has 0 amide bonds. The van der Waals surface area contributed by atoms with Crippen LogP contribution in [0.4, 0.5) is 5.69 Å². The highest BCUT2D eigenvalue weighted by atomic mass is 32.2. The molecule has 1 aromatic carbocycles. The SMILES string of the molecule is CS(=O)(=O)c1cccc(-c2ccc(N)c(C(=O)O)n2)c1. The van der Waals surface area contributed by atoms with Crippen molar-refractivity contribution in [1.82, 2.24) is 4.98 Å². The number of carbonyl (C=O) groups is 1. The molecule has 0 saturated heterocycles. The summed E-state index contributed by atoms with van der Waals surface area (Å²) in [4.78, 5) is 15.1. The standard InChI is InChI=1S/C13H12N2O4S/c1-20(18,19)9-4-2-3-8(7-9)11-6-5-10(14)12(15-11)13(16)17/h2-7H,14H2,1H3,(H,16,17). The van der Waals surface area contributed by atoms with Gasteiger partial charge in [0.15, 0.2) is 15.5 Å². The Hall–Kier alpha value is -2.41. The number of nitrogen functional groups attached to an aromatic ring is 1. The lowest BCUT2D eigenvalue weighted by Crippen LogP contribution is -2.06. The second-order valence-electron chi connectivity index (χ2n) is 4.24. The molecule has 2 aromatic rings.